The Balaban J connectivity index is 3.22. The summed E-state index contributed by atoms with van der Waals surface area (Å²) in [6.07, 6.45) is 1.84. The summed E-state index contributed by atoms with van der Waals surface area (Å²) >= 11 is 0. The maximum absolute atomic E-state index is 12.7. The smallest absolute Gasteiger partial charge is 0.142 e. The molecule has 0 bridgehead atoms. The Morgan fingerprint density at radius 3 is 2.90 bits per heavy atom. The molecule has 2 nitrogen and oxygen atoms in total. The van der Waals surface area contributed by atoms with Gasteiger partial charge in [-0.1, -0.05) is 6.92 Å². The van der Waals surface area contributed by atoms with E-state index in [0.29, 0.717) is 12.0 Å². The molecule has 2 N–H and O–H groups in total. The molecule has 0 fully saturated rings. The Morgan fingerprint density at radius 2 is 2.40 bits per heavy atom. The van der Waals surface area contributed by atoms with Crippen molar-refractivity contribution in [3.8, 4) is 0 Å². The summed E-state index contributed by atoms with van der Waals surface area (Å²) in [4.78, 5) is 2.47. The summed E-state index contributed by atoms with van der Waals surface area (Å²) < 4.78 is 12.7. The number of hydrogen-bond donors (Lipinski definition) is 2. The highest BCUT2D eigenvalue weighted by molar-refractivity contribution is 5.11. The maximum atomic E-state index is 12.7. The summed E-state index contributed by atoms with van der Waals surface area (Å²) in [5, 5.41) is 7.11. The number of H-pyrrole nitrogens is 1. The first-order valence-corrected chi connectivity index (χ1v) is 3.15. The highest BCUT2D eigenvalue weighted by atomic mass is 19.1. The lowest BCUT2D eigenvalue weighted by atomic mass is 10.2. The van der Waals surface area contributed by atoms with Crippen LogP contribution in [-0.4, -0.2) is 4.98 Å². The highest BCUT2D eigenvalue weighted by Crippen LogP contribution is 2.01. The quantitative estimate of drug-likeness (QED) is 0.588. The van der Waals surface area contributed by atoms with Crippen LogP contribution in [0.3, 0.4) is 0 Å². The molecule has 0 aliphatic rings. The second kappa shape index (κ2) is 2.64. The van der Waals surface area contributed by atoms with E-state index < -0.39 is 0 Å². The molecule has 1 aromatic heterocycles. The first kappa shape index (κ1) is 6.99. The number of hydrogen-bond acceptors (Lipinski definition) is 1. The molecule has 54 valence electrons. The number of nitrogens with one attached hydrogen (secondary N) is 2. The van der Waals surface area contributed by atoms with E-state index in [-0.39, 0.29) is 11.3 Å². The fourth-order valence-corrected chi connectivity index (χ4v) is 0.790. The van der Waals surface area contributed by atoms with Crippen molar-refractivity contribution < 1.29 is 4.39 Å². The molecule has 0 amide bonds. The Morgan fingerprint density at radius 1 is 1.70 bits per heavy atom. The van der Waals surface area contributed by atoms with Crippen molar-refractivity contribution in [2.24, 2.45) is 0 Å². The predicted octanol–water partition coefficient (Wildman–Crippen LogP) is 1.20. The second-order valence-electron chi connectivity index (χ2n) is 2.07. The molecule has 0 radical (unpaired) electrons. The topological polar surface area (TPSA) is 39.6 Å². The molecule has 0 aliphatic heterocycles. The monoisotopic (exact) mass is 140 g/mol. The van der Waals surface area contributed by atoms with Gasteiger partial charge in [0.2, 0.25) is 0 Å². The minimum Gasteiger partial charge on any atom is -0.344 e. The van der Waals surface area contributed by atoms with E-state index in [9.17, 15) is 4.39 Å². The molecule has 0 saturated heterocycles. The maximum Gasteiger partial charge on any atom is 0.142 e. The molecular formula is C7H9FN2. The van der Waals surface area contributed by atoms with Crippen molar-refractivity contribution >= 4 is 0 Å². The van der Waals surface area contributed by atoms with E-state index in [1.54, 1.807) is 0 Å². The van der Waals surface area contributed by atoms with Gasteiger partial charge in [0.1, 0.15) is 11.3 Å². The van der Waals surface area contributed by atoms with Crippen molar-refractivity contribution in [3.63, 3.8) is 0 Å². The Labute approximate surface area is 58.2 Å². The van der Waals surface area contributed by atoms with E-state index in [0.717, 1.165) is 0 Å². The van der Waals surface area contributed by atoms with Crippen LogP contribution in [0.25, 0.3) is 0 Å². The van der Waals surface area contributed by atoms with Crippen molar-refractivity contribution in [2.45, 2.75) is 13.3 Å². The minimum atomic E-state index is -0.265. The van der Waals surface area contributed by atoms with E-state index in [1.165, 1.54) is 12.3 Å². The normalized spacial score (nSPS) is 9.80. The average Bonchev–Trinajstić information content (AvgIpc) is 1.94. The molecule has 0 saturated carbocycles. The van der Waals surface area contributed by atoms with Gasteiger partial charge in [0.05, 0.1) is 0 Å². The number of aryl methyl sites for hydroxylation is 1. The van der Waals surface area contributed by atoms with Crippen molar-refractivity contribution in [1.29, 1.82) is 5.41 Å². The van der Waals surface area contributed by atoms with Crippen LogP contribution in [0.4, 0.5) is 4.39 Å². The highest BCUT2D eigenvalue weighted by Gasteiger charge is 1.96. The van der Waals surface area contributed by atoms with E-state index >= 15 is 0 Å². The Bertz CT molecular complexity index is 277. The van der Waals surface area contributed by atoms with Crippen LogP contribution < -0.4 is 5.49 Å². The van der Waals surface area contributed by atoms with Gasteiger partial charge in [-0.05, 0) is 18.1 Å². The minimum absolute atomic E-state index is 0.248. The zero-order chi connectivity index (χ0) is 7.56. The van der Waals surface area contributed by atoms with Crippen LogP contribution in [0.5, 0.6) is 0 Å². The fraction of sp³-hybridized carbons (Fsp3) is 0.286. The third-order valence-corrected chi connectivity index (χ3v) is 1.36. The van der Waals surface area contributed by atoms with Crippen molar-refractivity contribution in [3.05, 3.63) is 29.1 Å². The molecule has 1 aromatic rings. The van der Waals surface area contributed by atoms with Gasteiger partial charge in [-0.3, -0.25) is 5.41 Å². The standard InChI is InChI=1S/C7H9FN2/c1-2-5-3-7(9)10-4-6(5)8/h3-4H,2H2,1H3,(H2,9,10). The molecular weight excluding hydrogens is 131 g/mol. The number of pyridine rings is 1. The van der Waals surface area contributed by atoms with Crippen LogP contribution in [0.15, 0.2) is 12.3 Å². The van der Waals surface area contributed by atoms with Gasteiger partial charge in [0.25, 0.3) is 0 Å². The lowest BCUT2D eigenvalue weighted by molar-refractivity contribution is 0.603. The molecule has 10 heavy (non-hydrogen) atoms. The third kappa shape index (κ3) is 1.23. The molecule has 0 aliphatic carbocycles. The Hall–Kier alpha value is -1.12. The number of rotatable bonds is 1. The van der Waals surface area contributed by atoms with Gasteiger partial charge >= 0.3 is 0 Å². The van der Waals surface area contributed by atoms with Crippen LogP contribution in [0, 0.1) is 11.2 Å². The van der Waals surface area contributed by atoms with E-state index in [1.807, 2.05) is 6.92 Å². The summed E-state index contributed by atoms with van der Waals surface area (Å²) in [5.74, 6) is -0.265. The van der Waals surface area contributed by atoms with E-state index in [4.69, 9.17) is 5.41 Å². The molecule has 0 aromatic carbocycles. The van der Waals surface area contributed by atoms with Gasteiger partial charge in [-0.15, -0.1) is 0 Å². The number of aromatic nitrogens is 1. The SMILES string of the molecule is CCc1cc(=N)[nH]cc1F. The lowest BCUT2D eigenvalue weighted by Crippen LogP contribution is -2.06. The molecule has 1 rings (SSSR count). The van der Waals surface area contributed by atoms with Gasteiger partial charge in [-0.25, -0.2) is 4.39 Å². The van der Waals surface area contributed by atoms with Gasteiger partial charge in [-0.2, -0.15) is 0 Å². The van der Waals surface area contributed by atoms with Crippen LogP contribution in [-0.2, 0) is 6.42 Å². The van der Waals surface area contributed by atoms with Crippen molar-refractivity contribution in [1.82, 2.24) is 4.98 Å². The first-order chi connectivity index (χ1) is 4.74. The summed E-state index contributed by atoms with van der Waals surface area (Å²) in [6.45, 7) is 1.86. The van der Waals surface area contributed by atoms with Gasteiger partial charge in [0.15, 0.2) is 0 Å². The van der Waals surface area contributed by atoms with E-state index in [2.05, 4.69) is 4.98 Å². The zero-order valence-electron chi connectivity index (χ0n) is 5.74. The second-order valence-corrected chi connectivity index (χ2v) is 2.07. The molecule has 0 spiro atoms. The molecule has 3 heteroatoms. The molecule has 0 atom stereocenters. The molecule has 1 heterocycles. The van der Waals surface area contributed by atoms with Crippen molar-refractivity contribution in [2.75, 3.05) is 0 Å². The Kier molecular flexibility index (Phi) is 1.85. The fourth-order valence-electron chi connectivity index (χ4n) is 0.790. The number of aromatic amines is 1. The number of halogens is 1. The van der Waals surface area contributed by atoms with Crippen LogP contribution in [0.1, 0.15) is 12.5 Å². The van der Waals surface area contributed by atoms with Crippen LogP contribution >= 0.6 is 0 Å². The predicted molar refractivity (Wildman–Crippen MR) is 36.0 cm³/mol. The summed E-state index contributed by atoms with van der Waals surface area (Å²) in [6, 6.07) is 1.50. The van der Waals surface area contributed by atoms with Gasteiger partial charge in [0, 0.05) is 6.20 Å². The lowest BCUT2D eigenvalue weighted by Gasteiger charge is -1.95. The zero-order valence-corrected chi connectivity index (χ0v) is 5.74. The third-order valence-electron chi connectivity index (χ3n) is 1.36. The molecule has 0 unspecified atom stereocenters. The van der Waals surface area contributed by atoms with Gasteiger partial charge < -0.3 is 4.98 Å². The summed E-state index contributed by atoms with van der Waals surface area (Å²) in [5.41, 5.74) is 0.835. The largest absolute Gasteiger partial charge is 0.344 e. The summed E-state index contributed by atoms with van der Waals surface area (Å²) in [7, 11) is 0. The average molecular weight is 140 g/mol. The first-order valence-electron chi connectivity index (χ1n) is 3.15. The van der Waals surface area contributed by atoms with Crippen LogP contribution in [0.2, 0.25) is 0 Å².